The summed E-state index contributed by atoms with van der Waals surface area (Å²) in [5, 5.41) is 8.81. The summed E-state index contributed by atoms with van der Waals surface area (Å²) in [6.07, 6.45) is 3.05. The number of ether oxygens (including phenoxy) is 1. The van der Waals surface area contributed by atoms with Crippen LogP contribution in [-0.4, -0.2) is 43.1 Å². The average molecular weight is 1750 g/mol. The minimum Gasteiger partial charge on any atom is -0.444 e. The average Bonchev–Trinajstić information content (AvgIpc) is 2.98. The standard InChI is InChI=1S/C29H31I10N3O4/c1-29(2,3)46-28(45)42-12-13(10-16(43)40-8-4-6-14-18(30)22(34)26(38)23(35)19(14)31)11-17(44)41-9-5-7-15-20(32)24(36)27(39)25(37)21(15)33/h13H,4-12H2,1-3H3,(H,40,43)(H,41,44)(H,42,45). The van der Waals surface area contributed by atoms with Crippen molar-refractivity contribution in [3.05, 3.63) is 46.8 Å². The zero-order valence-corrected chi connectivity index (χ0v) is 46.4. The molecule has 2 rings (SSSR count). The Kier molecular flexibility index (Phi) is 22.4. The predicted octanol–water partition coefficient (Wildman–Crippen LogP) is 10.5. The summed E-state index contributed by atoms with van der Waals surface area (Å²) < 4.78 is 18.1. The first-order valence-electron chi connectivity index (χ1n) is 13.9. The van der Waals surface area contributed by atoms with E-state index in [1.165, 1.54) is 46.8 Å². The molecule has 256 valence electrons. The van der Waals surface area contributed by atoms with Gasteiger partial charge in [0.1, 0.15) is 5.60 Å². The monoisotopic (exact) mass is 1750 g/mol. The first-order chi connectivity index (χ1) is 21.3. The maximum atomic E-state index is 13.0. The van der Waals surface area contributed by atoms with Gasteiger partial charge in [0, 0.05) is 68.2 Å². The fourth-order valence-electron chi connectivity index (χ4n) is 4.15. The highest BCUT2D eigenvalue weighted by molar-refractivity contribution is 14.1. The summed E-state index contributed by atoms with van der Waals surface area (Å²) in [7, 11) is 0. The molecule has 0 aliphatic carbocycles. The molecule has 0 unspecified atom stereocenters. The van der Waals surface area contributed by atoms with Crippen LogP contribution in [0.3, 0.4) is 0 Å². The van der Waals surface area contributed by atoms with Crippen molar-refractivity contribution >= 4 is 244 Å². The Balaban J connectivity index is 1.95. The van der Waals surface area contributed by atoms with Crippen molar-refractivity contribution in [3.63, 3.8) is 0 Å². The smallest absolute Gasteiger partial charge is 0.407 e. The highest BCUT2D eigenvalue weighted by Gasteiger charge is 2.22. The molecule has 0 aromatic heterocycles. The summed E-state index contributed by atoms with van der Waals surface area (Å²) in [5.74, 6) is -0.630. The molecule has 0 saturated heterocycles. The lowest BCUT2D eigenvalue weighted by Crippen LogP contribution is -2.38. The predicted molar refractivity (Wildman–Crippen MR) is 270 cm³/mol. The summed E-state index contributed by atoms with van der Waals surface area (Å²) in [4.78, 5) is 38.3. The van der Waals surface area contributed by atoms with E-state index < -0.39 is 11.7 Å². The zero-order valence-electron chi connectivity index (χ0n) is 24.9. The summed E-state index contributed by atoms with van der Waals surface area (Å²) in [6, 6.07) is 0. The number of rotatable bonds is 14. The lowest BCUT2D eigenvalue weighted by molar-refractivity contribution is -0.124. The molecular formula is C29H31I10N3O4. The van der Waals surface area contributed by atoms with Crippen LogP contribution in [0.5, 0.6) is 0 Å². The molecule has 0 saturated carbocycles. The summed E-state index contributed by atoms with van der Waals surface area (Å²) in [5.41, 5.74) is 1.99. The highest BCUT2D eigenvalue weighted by atomic mass is 127. The van der Waals surface area contributed by atoms with Crippen LogP contribution >= 0.6 is 226 Å². The molecule has 0 spiro atoms. The Labute approximate surface area is 408 Å². The van der Waals surface area contributed by atoms with Gasteiger partial charge in [0.05, 0.1) is 0 Å². The molecule has 7 nitrogen and oxygen atoms in total. The van der Waals surface area contributed by atoms with Gasteiger partial charge in [-0.05, 0) is 289 Å². The van der Waals surface area contributed by atoms with Gasteiger partial charge in [-0.3, -0.25) is 9.59 Å². The third-order valence-corrected chi connectivity index (χ3v) is 25.8. The van der Waals surface area contributed by atoms with Crippen molar-refractivity contribution in [3.8, 4) is 0 Å². The Morgan fingerprint density at radius 2 is 0.891 bits per heavy atom. The van der Waals surface area contributed by atoms with Crippen molar-refractivity contribution in [2.45, 2.75) is 64.9 Å². The Morgan fingerprint density at radius 1 is 0.565 bits per heavy atom. The van der Waals surface area contributed by atoms with Gasteiger partial charge in [0.15, 0.2) is 0 Å². The molecule has 0 aliphatic rings. The molecule has 2 aromatic rings. The van der Waals surface area contributed by atoms with E-state index in [4.69, 9.17) is 4.74 Å². The normalized spacial score (nSPS) is 11.5. The first-order valence-corrected chi connectivity index (χ1v) is 24.6. The molecule has 0 bridgehead atoms. The van der Waals surface area contributed by atoms with E-state index in [0.717, 1.165) is 25.7 Å². The molecule has 0 atom stereocenters. The lowest BCUT2D eigenvalue weighted by atomic mass is 10.00. The number of benzene rings is 2. The second kappa shape index (κ2) is 22.4. The van der Waals surface area contributed by atoms with Gasteiger partial charge in [0.25, 0.3) is 0 Å². The van der Waals surface area contributed by atoms with Crippen molar-refractivity contribution in [2.24, 2.45) is 5.92 Å². The van der Waals surface area contributed by atoms with Crippen LogP contribution in [-0.2, 0) is 27.2 Å². The Bertz CT molecular complexity index is 1300. The molecule has 3 N–H and O–H groups in total. The number of amides is 3. The first kappa shape index (κ1) is 46.1. The second-order valence-electron chi connectivity index (χ2n) is 11.2. The Morgan fingerprint density at radius 3 is 1.22 bits per heavy atom. The fourth-order valence-corrected chi connectivity index (χ4v) is 15.0. The minimum absolute atomic E-state index is 0.132. The quantitative estimate of drug-likeness (QED) is 0.0760. The van der Waals surface area contributed by atoms with E-state index in [0.29, 0.717) is 13.1 Å². The molecule has 0 fully saturated rings. The number of hydrogen-bond donors (Lipinski definition) is 3. The van der Waals surface area contributed by atoms with Gasteiger partial charge < -0.3 is 20.7 Å². The van der Waals surface area contributed by atoms with Crippen LogP contribution in [0, 0.1) is 41.6 Å². The van der Waals surface area contributed by atoms with Crippen LogP contribution in [0.1, 0.15) is 57.6 Å². The van der Waals surface area contributed by atoms with Crippen molar-refractivity contribution in [1.82, 2.24) is 16.0 Å². The molecule has 3 amide bonds. The lowest BCUT2D eigenvalue weighted by Gasteiger charge is -2.22. The molecule has 2 aromatic carbocycles. The van der Waals surface area contributed by atoms with E-state index in [-0.39, 0.29) is 37.1 Å². The second-order valence-corrected chi connectivity index (χ2v) is 21.9. The molecule has 0 aliphatic heterocycles. The van der Waals surface area contributed by atoms with Crippen LogP contribution in [0.15, 0.2) is 0 Å². The van der Waals surface area contributed by atoms with E-state index in [9.17, 15) is 14.4 Å². The van der Waals surface area contributed by atoms with E-state index >= 15 is 0 Å². The number of carbonyl (C=O) groups is 3. The van der Waals surface area contributed by atoms with Crippen LogP contribution < -0.4 is 16.0 Å². The third kappa shape index (κ3) is 15.0. The van der Waals surface area contributed by atoms with E-state index in [1.807, 2.05) is 0 Å². The molecule has 46 heavy (non-hydrogen) atoms. The Hall–Kier alpha value is 3.95. The number of halogens is 10. The maximum Gasteiger partial charge on any atom is 0.407 e. The highest BCUT2D eigenvalue weighted by Crippen LogP contribution is 2.35. The van der Waals surface area contributed by atoms with Crippen LogP contribution in [0.4, 0.5) is 4.79 Å². The summed E-state index contributed by atoms with van der Waals surface area (Å²) in [6.45, 7) is 6.63. The van der Waals surface area contributed by atoms with Crippen molar-refractivity contribution < 1.29 is 19.1 Å². The van der Waals surface area contributed by atoms with Gasteiger partial charge in [-0.1, -0.05) is 0 Å². The molecule has 17 heteroatoms. The fraction of sp³-hybridized carbons (Fsp3) is 0.483. The van der Waals surface area contributed by atoms with Gasteiger partial charge in [-0.25, -0.2) is 4.79 Å². The number of alkyl carbamates (subject to hydrolysis) is 1. The van der Waals surface area contributed by atoms with E-state index in [2.05, 4.69) is 242 Å². The third-order valence-electron chi connectivity index (χ3n) is 6.33. The largest absolute Gasteiger partial charge is 0.444 e. The minimum atomic E-state index is -0.639. The van der Waals surface area contributed by atoms with E-state index in [1.54, 1.807) is 20.8 Å². The topological polar surface area (TPSA) is 96.5 Å². The SMILES string of the molecule is CC(C)(C)OC(=O)NCC(CC(=O)NCCCc1c(I)c(I)c(I)c(I)c1I)CC(=O)NCCCc1c(I)c(I)c(I)c(I)c1I. The molecular weight excluding hydrogens is 1720 g/mol. The van der Waals surface area contributed by atoms with Gasteiger partial charge >= 0.3 is 6.09 Å². The van der Waals surface area contributed by atoms with Crippen molar-refractivity contribution in [2.75, 3.05) is 19.6 Å². The van der Waals surface area contributed by atoms with Crippen LogP contribution in [0.25, 0.3) is 0 Å². The van der Waals surface area contributed by atoms with Gasteiger partial charge in [-0.2, -0.15) is 0 Å². The van der Waals surface area contributed by atoms with Crippen molar-refractivity contribution in [1.29, 1.82) is 0 Å². The van der Waals surface area contributed by atoms with Gasteiger partial charge in [0.2, 0.25) is 11.8 Å². The maximum absolute atomic E-state index is 13.0. The molecule has 0 radical (unpaired) electrons. The molecule has 0 heterocycles. The summed E-state index contributed by atoms with van der Waals surface area (Å²) >= 11 is 24.1. The number of hydrogen-bond acceptors (Lipinski definition) is 4. The van der Waals surface area contributed by atoms with Gasteiger partial charge in [-0.15, -0.1) is 0 Å². The van der Waals surface area contributed by atoms with Crippen LogP contribution in [0.2, 0.25) is 0 Å². The number of carbonyl (C=O) groups excluding carboxylic acids is 3. The zero-order chi connectivity index (χ0) is 34.9. The number of nitrogens with one attached hydrogen (secondary N) is 3.